The monoisotopic (exact) mass is 262 g/mol. The van der Waals surface area contributed by atoms with Crippen molar-refractivity contribution in [3.63, 3.8) is 0 Å². The number of amides is 2. The number of carbonyl (C=O) groups excluding carboxylic acids is 2. The molecule has 0 aliphatic rings. The summed E-state index contributed by atoms with van der Waals surface area (Å²) in [4.78, 5) is 36.8. The Balaban J connectivity index is 3.21. The van der Waals surface area contributed by atoms with E-state index in [0.717, 1.165) is 0 Å². The second-order valence-corrected chi connectivity index (χ2v) is 3.54. The Kier molecular flexibility index (Phi) is 4.62. The van der Waals surface area contributed by atoms with Gasteiger partial charge >= 0.3 is 5.97 Å². The number of carboxylic acids is 1. The number of benzene rings is 1. The number of azide groups is 1. The normalized spacial score (nSPS) is 11.0. The van der Waals surface area contributed by atoms with Gasteiger partial charge in [-0.15, -0.1) is 0 Å². The summed E-state index contributed by atoms with van der Waals surface area (Å²) >= 11 is 0. The lowest BCUT2D eigenvalue weighted by molar-refractivity contribution is -0.144. The summed E-state index contributed by atoms with van der Waals surface area (Å²) in [5.74, 6) is -2.16. The van der Waals surface area contributed by atoms with Crippen LogP contribution in [0, 0.1) is 0 Å². The average molecular weight is 262 g/mol. The number of imide groups is 1. The fourth-order valence-corrected chi connectivity index (χ4v) is 1.36. The van der Waals surface area contributed by atoms with Crippen LogP contribution in [-0.4, -0.2) is 34.3 Å². The first kappa shape index (κ1) is 14.2. The van der Waals surface area contributed by atoms with Gasteiger partial charge in [-0.05, 0) is 18.5 Å². The molecule has 0 heterocycles. The SMILES string of the molecule is C[C@@H](C(=O)O)N(C=O)C(=O)c1ccccc1N=[N+]=[N-]. The van der Waals surface area contributed by atoms with Crippen LogP contribution in [0.15, 0.2) is 29.4 Å². The molecule has 8 heteroatoms. The van der Waals surface area contributed by atoms with Crippen molar-refractivity contribution >= 4 is 24.0 Å². The highest BCUT2D eigenvalue weighted by atomic mass is 16.4. The van der Waals surface area contributed by atoms with Crippen LogP contribution < -0.4 is 0 Å². The molecule has 0 aromatic heterocycles. The summed E-state index contributed by atoms with van der Waals surface area (Å²) in [6, 6.07) is 4.48. The lowest BCUT2D eigenvalue weighted by Crippen LogP contribution is -2.42. The van der Waals surface area contributed by atoms with E-state index in [2.05, 4.69) is 10.0 Å². The Bertz CT molecular complexity index is 566. The fraction of sp³-hybridized carbons (Fsp3) is 0.182. The van der Waals surface area contributed by atoms with Crippen molar-refractivity contribution in [1.29, 1.82) is 0 Å². The largest absolute Gasteiger partial charge is 0.480 e. The van der Waals surface area contributed by atoms with Crippen molar-refractivity contribution in [2.75, 3.05) is 0 Å². The van der Waals surface area contributed by atoms with E-state index in [4.69, 9.17) is 10.6 Å². The van der Waals surface area contributed by atoms with Crippen molar-refractivity contribution in [2.24, 2.45) is 5.11 Å². The van der Waals surface area contributed by atoms with Gasteiger partial charge in [0.25, 0.3) is 5.91 Å². The van der Waals surface area contributed by atoms with Gasteiger partial charge in [-0.3, -0.25) is 14.5 Å². The predicted octanol–water partition coefficient (Wildman–Crippen LogP) is 1.70. The number of hydrogen-bond donors (Lipinski definition) is 1. The van der Waals surface area contributed by atoms with Crippen LogP contribution in [0.5, 0.6) is 0 Å². The molecule has 0 saturated carbocycles. The van der Waals surface area contributed by atoms with Gasteiger partial charge < -0.3 is 5.11 Å². The Labute approximate surface area is 107 Å². The van der Waals surface area contributed by atoms with Gasteiger partial charge in [-0.1, -0.05) is 23.3 Å². The molecule has 0 fully saturated rings. The number of aliphatic carboxylic acids is 1. The van der Waals surface area contributed by atoms with Gasteiger partial charge in [0.05, 0.1) is 5.69 Å². The Morgan fingerprint density at radius 1 is 1.47 bits per heavy atom. The zero-order valence-corrected chi connectivity index (χ0v) is 9.92. The van der Waals surface area contributed by atoms with Crippen LogP contribution in [-0.2, 0) is 9.59 Å². The number of carbonyl (C=O) groups is 3. The first-order chi connectivity index (χ1) is 9.02. The maximum absolute atomic E-state index is 12.1. The molecule has 0 saturated heterocycles. The molecule has 98 valence electrons. The third-order valence-electron chi connectivity index (χ3n) is 2.41. The highest BCUT2D eigenvalue weighted by Crippen LogP contribution is 2.21. The molecule has 0 aliphatic carbocycles. The minimum absolute atomic E-state index is 0.0273. The van der Waals surface area contributed by atoms with Gasteiger partial charge in [0.1, 0.15) is 6.04 Å². The van der Waals surface area contributed by atoms with E-state index in [-0.39, 0.29) is 17.7 Å². The van der Waals surface area contributed by atoms with Crippen LogP contribution in [0.2, 0.25) is 0 Å². The lowest BCUT2D eigenvalue weighted by Gasteiger charge is -2.20. The first-order valence-corrected chi connectivity index (χ1v) is 5.17. The number of nitrogens with zero attached hydrogens (tertiary/aromatic N) is 4. The van der Waals surface area contributed by atoms with Crippen LogP contribution in [0.4, 0.5) is 5.69 Å². The average Bonchev–Trinajstić information content (AvgIpc) is 2.40. The molecule has 19 heavy (non-hydrogen) atoms. The Morgan fingerprint density at radius 2 is 2.11 bits per heavy atom. The van der Waals surface area contributed by atoms with Gasteiger partial charge in [0.2, 0.25) is 6.41 Å². The molecular formula is C11H10N4O4. The summed E-state index contributed by atoms with van der Waals surface area (Å²) < 4.78 is 0. The highest BCUT2D eigenvalue weighted by molar-refractivity contribution is 6.05. The van der Waals surface area contributed by atoms with Crippen molar-refractivity contribution in [3.05, 3.63) is 40.3 Å². The minimum atomic E-state index is -1.32. The van der Waals surface area contributed by atoms with E-state index in [0.29, 0.717) is 4.90 Å². The maximum Gasteiger partial charge on any atom is 0.326 e. The second-order valence-electron chi connectivity index (χ2n) is 3.54. The van der Waals surface area contributed by atoms with E-state index in [1.807, 2.05) is 0 Å². The highest BCUT2D eigenvalue weighted by Gasteiger charge is 2.27. The first-order valence-electron chi connectivity index (χ1n) is 5.17. The zero-order valence-electron chi connectivity index (χ0n) is 9.92. The van der Waals surface area contributed by atoms with Crippen LogP contribution >= 0.6 is 0 Å². The van der Waals surface area contributed by atoms with Gasteiger partial charge in [0, 0.05) is 10.5 Å². The summed E-state index contributed by atoms with van der Waals surface area (Å²) in [5, 5.41) is 12.1. The molecule has 1 aromatic carbocycles. The van der Waals surface area contributed by atoms with Crippen LogP contribution in [0.1, 0.15) is 17.3 Å². The van der Waals surface area contributed by atoms with Crippen LogP contribution in [0.3, 0.4) is 0 Å². The molecule has 1 rings (SSSR count). The van der Waals surface area contributed by atoms with Gasteiger partial charge in [0.15, 0.2) is 0 Å². The summed E-state index contributed by atoms with van der Waals surface area (Å²) in [7, 11) is 0. The van der Waals surface area contributed by atoms with Crippen molar-refractivity contribution in [1.82, 2.24) is 4.90 Å². The summed E-state index contributed by atoms with van der Waals surface area (Å²) in [6.45, 7) is 1.20. The van der Waals surface area contributed by atoms with Crippen LogP contribution in [0.25, 0.3) is 10.4 Å². The van der Waals surface area contributed by atoms with E-state index in [1.54, 1.807) is 6.07 Å². The molecule has 0 bridgehead atoms. The zero-order chi connectivity index (χ0) is 14.4. The molecule has 8 nitrogen and oxygen atoms in total. The smallest absolute Gasteiger partial charge is 0.326 e. The van der Waals surface area contributed by atoms with Crippen molar-refractivity contribution < 1.29 is 19.5 Å². The molecule has 0 aliphatic heterocycles. The van der Waals surface area contributed by atoms with Gasteiger partial charge in [-0.25, -0.2) is 4.79 Å². The third kappa shape index (κ3) is 3.08. The molecule has 1 N–H and O–H groups in total. The van der Waals surface area contributed by atoms with E-state index in [1.165, 1.54) is 25.1 Å². The molecule has 2 amide bonds. The third-order valence-corrected chi connectivity index (χ3v) is 2.41. The summed E-state index contributed by atoms with van der Waals surface area (Å²) in [6.07, 6.45) is 0.133. The molecule has 0 unspecified atom stereocenters. The quantitative estimate of drug-likeness (QED) is 0.375. The van der Waals surface area contributed by atoms with Crippen molar-refractivity contribution in [3.8, 4) is 0 Å². The van der Waals surface area contributed by atoms with E-state index >= 15 is 0 Å². The van der Waals surface area contributed by atoms with E-state index < -0.39 is 17.9 Å². The molecule has 0 radical (unpaired) electrons. The topological polar surface area (TPSA) is 123 Å². The summed E-state index contributed by atoms with van der Waals surface area (Å²) in [5.41, 5.74) is 8.37. The molecule has 0 spiro atoms. The van der Waals surface area contributed by atoms with Crippen molar-refractivity contribution in [2.45, 2.75) is 13.0 Å². The lowest BCUT2D eigenvalue weighted by atomic mass is 10.1. The minimum Gasteiger partial charge on any atom is -0.480 e. The standard InChI is InChI=1S/C11H10N4O4/c1-7(11(18)19)15(6-16)10(17)8-4-2-3-5-9(8)13-14-12/h2-7H,1H3,(H,18,19)/t7-/m0/s1. The fourth-order valence-electron chi connectivity index (χ4n) is 1.36. The molecular weight excluding hydrogens is 252 g/mol. The maximum atomic E-state index is 12.1. The second kappa shape index (κ2) is 6.18. The van der Waals surface area contributed by atoms with E-state index in [9.17, 15) is 14.4 Å². The number of rotatable bonds is 5. The van der Waals surface area contributed by atoms with Gasteiger partial charge in [-0.2, -0.15) is 0 Å². The molecule has 1 atom stereocenters. The predicted molar refractivity (Wildman–Crippen MR) is 64.6 cm³/mol. The number of carboxylic acid groups (broad SMARTS) is 1. The number of hydrogen-bond acceptors (Lipinski definition) is 4. The Morgan fingerprint density at radius 3 is 2.63 bits per heavy atom. The molecule has 1 aromatic rings. The Hall–Kier alpha value is -2.86.